The van der Waals surface area contributed by atoms with E-state index in [2.05, 4.69) is 0 Å². The summed E-state index contributed by atoms with van der Waals surface area (Å²) in [4.78, 5) is 38.6. The molecule has 1 amide bonds. The van der Waals surface area contributed by atoms with Crippen molar-refractivity contribution in [2.75, 3.05) is 6.54 Å². The number of amides is 1. The van der Waals surface area contributed by atoms with Crippen molar-refractivity contribution in [2.45, 2.75) is 58.6 Å². The quantitative estimate of drug-likeness (QED) is 0.598. The van der Waals surface area contributed by atoms with Gasteiger partial charge >= 0.3 is 11.6 Å². The summed E-state index contributed by atoms with van der Waals surface area (Å²) in [6, 6.07) is 5.42. The lowest BCUT2D eigenvalue weighted by Gasteiger charge is -2.23. The summed E-state index contributed by atoms with van der Waals surface area (Å²) in [5.41, 5.74) is 2.75. The second-order valence-electron chi connectivity index (χ2n) is 8.02. The van der Waals surface area contributed by atoms with Crippen LogP contribution in [0.1, 0.15) is 48.8 Å². The van der Waals surface area contributed by atoms with Crippen molar-refractivity contribution in [1.82, 2.24) is 4.90 Å². The molecule has 1 aliphatic carbocycles. The number of aryl methyl sites for hydroxylation is 2. The second kappa shape index (κ2) is 7.41. The van der Waals surface area contributed by atoms with Crippen LogP contribution in [0.25, 0.3) is 11.0 Å². The van der Waals surface area contributed by atoms with Gasteiger partial charge < -0.3 is 14.1 Å². The Hall–Kier alpha value is -2.63. The van der Waals surface area contributed by atoms with Crippen molar-refractivity contribution in [3.63, 3.8) is 0 Å². The van der Waals surface area contributed by atoms with Crippen LogP contribution in [0.4, 0.5) is 0 Å². The number of benzene rings is 1. The monoisotopic (exact) mass is 383 g/mol. The third kappa shape index (κ3) is 3.55. The fourth-order valence-corrected chi connectivity index (χ4v) is 4.33. The minimum atomic E-state index is -0.467. The van der Waals surface area contributed by atoms with Crippen molar-refractivity contribution in [3.05, 3.63) is 45.3 Å². The number of carbonyl (C=O) groups excluding carboxylic acids is 2. The van der Waals surface area contributed by atoms with Crippen LogP contribution in [0.3, 0.4) is 0 Å². The SMILES string of the molecule is Cc1cc2oc(=O)cc(COC(=O)[C@@H]3CC(=O)N(C4CCCC4)C3)c2cc1C. The van der Waals surface area contributed by atoms with E-state index in [9.17, 15) is 14.4 Å². The third-order valence-electron chi connectivity index (χ3n) is 6.07. The van der Waals surface area contributed by atoms with Crippen LogP contribution in [0.15, 0.2) is 27.4 Å². The van der Waals surface area contributed by atoms with Crippen LogP contribution < -0.4 is 5.63 Å². The molecule has 1 atom stereocenters. The topological polar surface area (TPSA) is 76.8 Å². The highest BCUT2D eigenvalue weighted by atomic mass is 16.5. The largest absolute Gasteiger partial charge is 0.461 e. The van der Waals surface area contributed by atoms with Gasteiger partial charge in [0.1, 0.15) is 12.2 Å². The maximum atomic E-state index is 12.6. The van der Waals surface area contributed by atoms with Crippen LogP contribution in [0.5, 0.6) is 0 Å². The zero-order valence-electron chi connectivity index (χ0n) is 16.3. The van der Waals surface area contributed by atoms with Gasteiger partial charge in [0.05, 0.1) is 5.92 Å². The first kappa shape index (κ1) is 18.7. The van der Waals surface area contributed by atoms with Crippen molar-refractivity contribution in [1.29, 1.82) is 0 Å². The van der Waals surface area contributed by atoms with E-state index >= 15 is 0 Å². The van der Waals surface area contributed by atoms with Crippen LogP contribution >= 0.6 is 0 Å². The van der Waals surface area contributed by atoms with E-state index in [-0.39, 0.29) is 30.9 Å². The molecule has 1 aromatic carbocycles. The molecular formula is C22H25NO5. The van der Waals surface area contributed by atoms with Crippen LogP contribution in [-0.2, 0) is 20.9 Å². The van der Waals surface area contributed by atoms with E-state index < -0.39 is 11.5 Å². The minimum Gasteiger partial charge on any atom is -0.461 e. The highest BCUT2D eigenvalue weighted by molar-refractivity contribution is 5.87. The first-order chi connectivity index (χ1) is 13.4. The molecule has 0 N–H and O–H groups in total. The molecule has 1 saturated carbocycles. The molecule has 28 heavy (non-hydrogen) atoms. The molecule has 2 aliphatic rings. The lowest BCUT2D eigenvalue weighted by atomic mass is 10.0. The summed E-state index contributed by atoms with van der Waals surface area (Å²) >= 11 is 0. The maximum absolute atomic E-state index is 12.6. The zero-order chi connectivity index (χ0) is 19.8. The Morgan fingerprint density at radius 3 is 2.61 bits per heavy atom. The summed E-state index contributed by atoms with van der Waals surface area (Å²) in [7, 11) is 0. The van der Waals surface area contributed by atoms with E-state index in [1.165, 1.54) is 6.07 Å². The Morgan fingerprint density at radius 2 is 1.86 bits per heavy atom. The molecule has 0 radical (unpaired) electrons. The van der Waals surface area contributed by atoms with Crippen molar-refractivity contribution in [3.8, 4) is 0 Å². The average molecular weight is 383 g/mol. The Kier molecular flexibility index (Phi) is 4.96. The molecule has 148 valence electrons. The molecule has 0 spiro atoms. The van der Waals surface area contributed by atoms with Gasteiger partial charge in [0.25, 0.3) is 0 Å². The first-order valence-corrected chi connectivity index (χ1v) is 9.92. The second-order valence-corrected chi connectivity index (χ2v) is 8.02. The Bertz CT molecular complexity index is 986. The number of likely N-dealkylation sites (tertiary alicyclic amines) is 1. The number of ether oxygens (including phenoxy) is 1. The fourth-order valence-electron chi connectivity index (χ4n) is 4.33. The van der Waals surface area contributed by atoms with Crippen molar-refractivity contribution in [2.24, 2.45) is 5.92 Å². The first-order valence-electron chi connectivity index (χ1n) is 9.92. The van der Waals surface area contributed by atoms with E-state index in [4.69, 9.17) is 9.15 Å². The molecule has 1 aliphatic heterocycles. The molecule has 1 saturated heterocycles. The average Bonchev–Trinajstić information content (AvgIpc) is 3.30. The number of rotatable bonds is 4. The fraction of sp³-hybridized carbons (Fsp3) is 0.500. The molecule has 2 aromatic rings. The predicted molar refractivity (Wildman–Crippen MR) is 104 cm³/mol. The van der Waals surface area contributed by atoms with Crippen LogP contribution in [-0.4, -0.2) is 29.4 Å². The number of hydrogen-bond acceptors (Lipinski definition) is 5. The number of fused-ring (bicyclic) bond motifs is 1. The van der Waals surface area contributed by atoms with Crippen LogP contribution in [0, 0.1) is 19.8 Å². The molecule has 0 unspecified atom stereocenters. The van der Waals surface area contributed by atoms with Crippen LogP contribution in [0.2, 0.25) is 0 Å². The van der Waals surface area contributed by atoms with Gasteiger partial charge in [0.15, 0.2) is 0 Å². The zero-order valence-corrected chi connectivity index (χ0v) is 16.3. The number of carbonyl (C=O) groups is 2. The number of nitrogens with zero attached hydrogens (tertiary/aromatic N) is 1. The lowest BCUT2D eigenvalue weighted by molar-refractivity contribution is -0.149. The smallest absolute Gasteiger partial charge is 0.336 e. The normalized spacial score (nSPS) is 20.3. The summed E-state index contributed by atoms with van der Waals surface area (Å²) in [6.07, 6.45) is 4.56. The molecule has 6 heteroatoms. The molecular weight excluding hydrogens is 358 g/mol. The summed E-state index contributed by atoms with van der Waals surface area (Å²) in [5.74, 6) is -0.756. The lowest BCUT2D eigenvalue weighted by Crippen LogP contribution is -2.35. The van der Waals surface area contributed by atoms with Gasteiger partial charge in [-0.15, -0.1) is 0 Å². The van der Waals surface area contributed by atoms with Crippen molar-refractivity contribution >= 4 is 22.8 Å². The van der Waals surface area contributed by atoms with Gasteiger partial charge in [-0.2, -0.15) is 0 Å². The van der Waals surface area contributed by atoms with Gasteiger partial charge in [-0.25, -0.2) is 4.79 Å². The van der Waals surface area contributed by atoms with E-state index in [0.717, 1.165) is 42.2 Å². The number of hydrogen-bond donors (Lipinski definition) is 0. The molecule has 2 heterocycles. The predicted octanol–water partition coefficient (Wildman–Crippen LogP) is 3.24. The van der Waals surface area contributed by atoms with Gasteiger partial charge in [-0.3, -0.25) is 9.59 Å². The Morgan fingerprint density at radius 1 is 1.14 bits per heavy atom. The molecule has 1 aromatic heterocycles. The summed E-state index contributed by atoms with van der Waals surface area (Å²) < 4.78 is 10.8. The molecule has 4 rings (SSSR count). The highest BCUT2D eigenvalue weighted by Crippen LogP contribution is 2.30. The minimum absolute atomic E-state index is 0.00243. The summed E-state index contributed by atoms with van der Waals surface area (Å²) in [5, 5.41) is 0.769. The standard InChI is InChI=1S/C22H25NO5/c1-13-7-18-16(10-21(25)28-19(18)8-14(13)2)12-27-22(26)15-9-20(24)23(11-15)17-5-3-4-6-17/h7-8,10,15,17H,3-6,9,11-12H2,1-2H3/t15-/m1/s1. The summed E-state index contributed by atoms with van der Waals surface area (Å²) in [6.45, 7) is 4.38. The van der Waals surface area contributed by atoms with Gasteiger partial charge in [0, 0.05) is 36.0 Å². The molecule has 2 fully saturated rings. The van der Waals surface area contributed by atoms with Gasteiger partial charge in [-0.1, -0.05) is 12.8 Å². The maximum Gasteiger partial charge on any atom is 0.336 e. The van der Waals surface area contributed by atoms with Gasteiger partial charge in [-0.05, 0) is 49.9 Å². The number of esters is 1. The van der Waals surface area contributed by atoms with E-state index in [1.807, 2.05) is 30.9 Å². The van der Waals surface area contributed by atoms with Gasteiger partial charge in [0.2, 0.25) is 5.91 Å². The highest BCUT2D eigenvalue weighted by Gasteiger charge is 2.39. The van der Waals surface area contributed by atoms with E-state index in [1.54, 1.807) is 0 Å². The molecule has 0 bridgehead atoms. The Balaban J connectivity index is 1.47. The molecule has 6 nitrogen and oxygen atoms in total. The van der Waals surface area contributed by atoms with Crippen molar-refractivity contribution < 1.29 is 18.7 Å². The Labute approximate surface area is 163 Å². The van der Waals surface area contributed by atoms with E-state index in [0.29, 0.717) is 17.7 Å². The third-order valence-corrected chi connectivity index (χ3v) is 6.07.